The number of esters is 1. The van der Waals surface area contributed by atoms with Crippen LogP contribution in [0, 0.1) is 0 Å². The van der Waals surface area contributed by atoms with E-state index in [0.717, 1.165) is 57.8 Å². The molecule has 0 saturated carbocycles. The van der Waals surface area contributed by atoms with Crippen molar-refractivity contribution in [1.82, 2.24) is 5.32 Å². The van der Waals surface area contributed by atoms with Gasteiger partial charge in [0.05, 0.1) is 25.4 Å². The first-order valence-corrected chi connectivity index (χ1v) is 28.4. The number of rotatable bonds is 53. The minimum absolute atomic E-state index is 0.0268. The van der Waals surface area contributed by atoms with Crippen LogP contribution in [0.5, 0.6) is 0 Å². The Balaban J connectivity index is 3.47. The number of allylic oxidation sites excluding steroid dienone is 2. The van der Waals surface area contributed by atoms with E-state index in [1.165, 1.54) is 225 Å². The normalized spacial score (nSPS) is 12.6. The van der Waals surface area contributed by atoms with E-state index in [1.54, 1.807) is 0 Å². The van der Waals surface area contributed by atoms with Crippen LogP contribution in [0.3, 0.4) is 0 Å². The quantitative estimate of drug-likeness (QED) is 0.0321. The monoisotopic (exact) mass is 890 g/mol. The van der Waals surface area contributed by atoms with E-state index in [4.69, 9.17) is 4.74 Å². The van der Waals surface area contributed by atoms with Crippen LogP contribution in [0.4, 0.5) is 0 Å². The van der Waals surface area contributed by atoms with Crippen LogP contribution in [-0.2, 0) is 14.3 Å². The average molecular weight is 891 g/mol. The van der Waals surface area contributed by atoms with Gasteiger partial charge in [-0.3, -0.25) is 9.59 Å². The molecule has 2 unspecified atom stereocenters. The molecule has 0 aromatic heterocycles. The first-order chi connectivity index (χ1) is 31.0. The van der Waals surface area contributed by atoms with E-state index in [0.29, 0.717) is 25.9 Å². The zero-order valence-electron chi connectivity index (χ0n) is 42.6. The van der Waals surface area contributed by atoms with Gasteiger partial charge in [-0.1, -0.05) is 264 Å². The Labute approximate surface area is 393 Å². The molecule has 0 fully saturated rings. The summed E-state index contributed by atoms with van der Waals surface area (Å²) in [5.74, 6) is -0.0865. The third kappa shape index (κ3) is 49.9. The Morgan fingerprint density at radius 2 is 0.746 bits per heavy atom. The summed E-state index contributed by atoms with van der Waals surface area (Å²) in [5.41, 5.74) is 0. The zero-order chi connectivity index (χ0) is 45.8. The number of carbonyl (C=O) groups is 2. The van der Waals surface area contributed by atoms with E-state index in [2.05, 4.69) is 31.3 Å². The summed E-state index contributed by atoms with van der Waals surface area (Å²) in [6.07, 6.45) is 61.9. The van der Waals surface area contributed by atoms with Gasteiger partial charge in [0.2, 0.25) is 5.91 Å². The van der Waals surface area contributed by atoms with Crippen LogP contribution in [0.15, 0.2) is 12.2 Å². The molecule has 0 aromatic carbocycles. The lowest BCUT2D eigenvalue weighted by Crippen LogP contribution is -2.45. The molecule has 63 heavy (non-hydrogen) atoms. The average Bonchev–Trinajstić information content (AvgIpc) is 3.28. The maximum atomic E-state index is 12.5. The fourth-order valence-corrected chi connectivity index (χ4v) is 8.93. The van der Waals surface area contributed by atoms with Crippen LogP contribution in [0.2, 0.25) is 0 Å². The highest BCUT2D eigenvalue weighted by Gasteiger charge is 2.20. The molecule has 0 aliphatic rings. The number of amides is 1. The molecule has 0 radical (unpaired) electrons. The Bertz CT molecular complexity index is 939. The van der Waals surface area contributed by atoms with Crippen molar-refractivity contribution in [3.63, 3.8) is 0 Å². The molecule has 0 rings (SSSR count). The lowest BCUT2D eigenvalue weighted by Gasteiger charge is -2.22. The van der Waals surface area contributed by atoms with Gasteiger partial charge < -0.3 is 20.3 Å². The van der Waals surface area contributed by atoms with Crippen molar-refractivity contribution >= 4 is 11.9 Å². The highest BCUT2D eigenvalue weighted by Crippen LogP contribution is 2.17. The minimum Gasteiger partial charge on any atom is -0.466 e. The van der Waals surface area contributed by atoms with Gasteiger partial charge in [-0.05, 0) is 51.4 Å². The molecule has 0 aliphatic carbocycles. The summed E-state index contributed by atoms with van der Waals surface area (Å²) < 4.78 is 5.47. The van der Waals surface area contributed by atoms with Crippen LogP contribution in [0.25, 0.3) is 0 Å². The largest absolute Gasteiger partial charge is 0.466 e. The van der Waals surface area contributed by atoms with Crippen molar-refractivity contribution in [2.75, 3.05) is 13.2 Å². The van der Waals surface area contributed by atoms with Crippen molar-refractivity contribution in [1.29, 1.82) is 0 Å². The zero-order valence-corrected chi connectivity index (χ0v) is 42.6. The van der Waals surface area contributed by atoms with Crippen LogP contribution in [0.1, 0.15) is 316 Å². The molecule has 0 aromatic rings. The topological polar surface area (TPSA) is 95.9 Å². The van der Waals surface area contributed by atoms with E-state index >= 15 is 0 Å². The molecule has 0 bridgehead atoms. The molecule has 1 amide bonds. The van der Waals surface area contributed by atoms with Crippen molar-refractivity contribution in [2.24, 2.45) is 0 Å². The summed E-state index contributed by atoms with van der Waals surface area (Å²) in [6, 6.07) is -0.562. The number of aliphatic hydroxyl groups is 2. The predicted molar refractivity (Wildman–Crippen MR) is 273 cm³/mol. The van der Waals surface area contributed by atoms with Crippen LogP contribution in [-0.4, -0.2) is 47.4 Å². The van der Waals surface area contributed by atoms with Gasteiger partial charge in [0.15, 0.2) is 0 Å². The fraction of sp³-hybridized carbons (Fsp3) is 0.930. The molecule has 0 spiro atoms. The number of aliphatic hydroxyl groups excluding tert-OH is 2. The number of hydrogen-bond acceptors (Lipinski definition) is 5. The van der Waals surface area contributed by atoms with Crippen LogP contribution >= 0.6 is 0 Å². The standard InChI is InChI=1S/C57H111NO5/c1-3-5-7-9-11-13-15-17-19-21-23-24-26-28-30-33-37-41-45-49-55(60)54(53-59)58-56(61)50-46-42-38-34-32-36-40-44-48-52-63-57(62)51-47-43-39-35-31-29-27-25-22-20-18-16-14-12-10-8-6-4-2/h20,22,54-55,59-60H,3-19,21,23-53H2,1-2H3,(H,58,61)/b22-20-. The SMILES string of the molecule is CCCCCCCCC/C=C\CCCCCCCCCC(=O)OCCCCCCCCCCCC(=O)NC(CO)C(O)CCCCCCCCCCCCCCCCCCCCC. The second-order valence-corrected chi connectivity index (χ2v) is 19.6. The molecule has 2 atom stereocenters. The number of hydrogen-bond donors (Lipinski definition) is 3. The minimum atomic E-state index is -0.682. The Morgan fingerprint density at radius 1 is 0.429 bits per heavy atom. The number of carbonyl (C=O) groups excluding carboxylic acids is 2. The summed E-state index contributed by atoms with van der Waals surface area (Å²) in [6.45, 7) is 4.91. The third-order valence-electron chi connectivity index (χ3n) is 13.3. The highest BCUT2D eigenvalue weighted by atomic mass is 16.5. The van der Waals surface area contributed by atoms with E-state index in [9.17, 15) is 19.8 Å². The van der Waals surface area contributed by atoms with E-state index in [-0.39, 0.29) is 18.5 Å². The Hall–Kier alpha value is -1.40. The van der Waals surface area contributed by atoms with Gasteiger partial charge in [0.25, 0.3) is 0 Å². The summed E-state index contributed by atoms with van der Waals surface area (Å²) >= 11 is 0. The summed E-state index contributed by atoms with van der Waals surface area (Å²) in [5, 5.41) is 23.3. The van der Waals surface area contributed by atoms with E-state index in [1.807, 2.05) is 0 Å². The molecule has 0 saturated heterocycles. The summed E-state index contributed by atoms with van der Waals surface area (Å²) in [7, 11) is 0. The maximum Gasteiger partial charge on any atom is 0.305 e. The Morgan fingerprint density at radius 3 is 1.13 bits per heavy atom. The number of unbranched alkanes of at least 4 members (excludes halogenated alkanes) is 40. The van der Waals surface area contributed by atoms with Gasteiger partial charge >= 0.3 is 5.97 Å². The van der Waals surface area contributed by atoms with Gasteiger partial charge in [0.1, 0.15) is 0 Å². The van der Waals surface area contributed by atoms with Crippen molar-refractivity contribution < 1.29 is 24.5 Å². The third-order valence-corrected chi connectivity index (χ3v) is 13.3. The van der Waals surface area contributed by atoms with Crippen LogP contribution < -0.4 is 5.32 Å². The number of ether oxygens (including phenoxy) is 1. The fourth-order valence-electron chi connectivity index (χ4n) is 8.93. The molecule has 6 heteroatoms. The molecule has 0 heterocycles. The van der Waals surface area contributed by atoms with Gasteiger partial charge in [-0.15, -0.1) is 0 Å². The number of nitrogens with one attached hydrogen (secondary N) is 1. The second-order valence-electron chi connectivity index (χ2n) is 19.6. The van der Waals surface area contributed by atoms with Gasteiger partial charge in [-0.2, -0.15) is 0 Å². The van der Waals surface area contributed by atoms with Gasteiger partial charge in [-0.25, -0.2) is 0 Å². The molecule has 374 valence electrons. The predicted octanol–water partition coefficient (Wildman–Crippen LogP) is 17.3. The second kappa shape index (κ2) is 53.2. The molecular weight excluding hydrogens is 779 g/mol. The molecular formula is C57H111NO5. The van der Waals surface area contributed by atoms with Gasteiger partial charge in [0, 0.05) is 12.8 Å². The first kappa shape index (κ1) is 61.6. The lowest BCUT2D eigenvalue weighted by atomic mass is 10.0. The van der Waals surface area contributed by atoms with Crippen molar-refractivity contribution in [2.45, 2.75) is 328 Å². The highest BCUT2D eigenvalue weighted by molar-refractivity contribution is 5.76. The smallest absolute Gasteiger partial charge is 0.305 e. The van der Waals surface area contributed by atoms with E-state index < -0.39 is 12.1 Å². The molecule has 6 nitrogen and oxygen atoms in total. The molecule has 0 aliphatic heterocycles. The maximum absolute atomic E-state index is 12.5. The lowest BCUT2D eigenvalue weighted by molar-refractivity contribution is -0.143. The molecule has 3 N–H and O–H groups in total. The summed E-state index contributed by atoms with van der Waals surface area (Å²) in [4.78, 5) is 24.6. The van der Waals surface area contributed by atoms with Crippen molar-refractivity contribution in [3.05, 3.63) is 12.2 Å². The first-order valence-electron chi connectivity index (χ1n) is 28.4. The Kier molecular flexibility index (Phi) is 52.0. The van der Waals surface area contributed by atoms with Crippen molar-refractivity contribution in [3.8, 4) is 0 Å².